The van der Waals surface area contributed by atoms with Crippen molar-refractivity contribution in [3.05, 3.63) is 56.7 Å². The first-order valence-corrected chi connectivity index (χ1v) is 6.80. The molecule has 0 fully saturated rings. The summed E-state index contributed by atoms with van der Waals surface area (Å²) in [5.41, 5.74) is 0.405. The van der Waals surface area contributed by atoms with Crippen molar-refractivity contribution in [1.82, 2.24) is 5.32 Å². The molecule has 1 nitrogen and oxygen atoms in total. The predicted molar refractivity (Wildman–Crippen MR) is 71.2 cm³/mol. The molecule has 1 unspecified atom stereocenters. The van der Waals surface area contributed by atoms with Gasteiger partial charge in [0.1, 0.15) is 11.6 Å². The van der Waals surface area contributed by atoms with E-state index >= 15 is 0 Å². The van der Waals surface area contributed by atoms with E-state index in [0.29, 0.717) is 17.1 Å². The van der Waals surface area contributed by atoms with Gasteiger partial charge < -0.3 is 5.32 Å². The molecule has 0 amide bonds. The molecule has 2 rings (SSSR count). The van der Waals surface area contributed by atoms with Crippen LogP contribution in [0.5, 0.6) is 0 Å². The molecule has 1 N–H and O–H groups in total. The molecule has 18 heavy (non-hydrogen) atoms. The van der Waals surface area contributed by atoms with Gasteiger partial charge >= 0.3 is 0 Å². The molecular formula is C13H12ClF2NS. The quantitative estimate of drug-likeness (QED) is 0.880. The minimum Gasteiger partial charge on any atom is -0.306 e. The highest BCUT2D eigenvalue weighted by atomic mass is 35.5. The molecule has 96 valence electrons. The van der Waals surface area contributed by atoms with Crippen LogP contribution in [0.15, 0.2) is 29.6 Å². The minimum atomic E-state index is -0.580. The molecule has 0 bridgehead atoms. The molecule has 1 aromatic heterocycles. The summed E-state index contributed by atoms with van der Waals surface area (Å²) >= 11 is 7.53. The normalized spacial score (nSPS) is 12.7. The number of rotatable bonds is 4. The van der Waals surface area contributed by atoms with E-state index in [2.05, 4.69) is 5.32 Å². The Morgan fingerprint density at radius 1 is 1.33 bits per heavy atom. The lowest BCUT2D eigenvalue weighted by molar-refractivity contribution is 0.544. The Hall–Kier alpha value is -0.970. The van der Waals surface area contributed by atoms with Crippen molar-refractivity contribution in [2.24, 2.45) is 0 Å². The average molecular weight is 288 g/mol. The summed E-state index contributed by atoms with van der Waals surface area (Å²) in [5, 5.41) is 5.61. The molecule has 0 radical (unpaired) electrons. The fourth-order valence-corrected chi connectivity index (χ4v) is 3.05. The molecule has 0 aliphatic rings. The van der Waals surface area contributed by atoms with E-state index in [1.807, 2.05) is 12.3 Å². The lowest BCUT2D eigenvalue weighted by Gasteiger charge is -2.18. The Kier molecular flexibility index (Phi) is 4.32. The summed E-state index contributed by atoms with van der Waals surface area (Å²) in [6, 6.07) is 5.02. The molecule has 0 spiro atoms. The predicted octanol–water partition coefficient (Wildman–Crippen LogP) is 4.38. The molecule has 5 heteroatoms. The van der Waals surface area contributed by atoms with E-state index < -0.39 is 11.6 Å². The maximum Gasteiger partial charge on any atom is 0.131 e. The Balaban J connectivity index is 2.45. The smallest absolute Gasteiger partial charge is 0.131 e. The van der Waals surface area contributed by atoms with Gasteiger partial charge in [-0.1, -0.05) is 24.6 Å². The van der Waals surface area contributed by atoms with Gasteiger partial charge in [-0.15, -0.1) is 11.3 Å². The van der Waals surface area contributed by atoms with Crippen LogP contribution in [0, 0.1) is 11.6 Å². The van der Waals surface area contributed by atoms with Crippen LogP contribution >= 0.6 is 22.9 Å². The lowest BCUT2D eigenvalue weighted by atomic mass is 10.0. The second-order valence-corrected chi connectivity index (χ2v) is 5.14. The van der Waals surface area contributed by atoms with Crippen LogP contribution in [0.3, 0.4) is 0 Å². The van der Waals surface area contributed by atoms with Gasteiger partial charge in [-0.3, -0.25) is 0 Å². The molecule has 0 saturated heterocycles. The molecule has 0 saturated carbocycles. The fraction of sp³-hybridized carbons (Fsp3) is 0.231. The third-order valence-electron chi connectivity index (χ3n) is 2.59. The maximum atomic E-state index is 13.8. The van der Waals surface area contributed by atoms with Crippen molar-refractivity contribution in [2.45, 2.75) is 13.0 Å². The highest BCUT2D eigenvalue weighted by Gasteiger charge is 2.20. The molecule has 1 atom stereocenters. The summed E-state index contributed by atoms with van der Waals surface area (Å²) < 4.78 is 26.8. The van der Waals surface area contributed by atoms with E-state index in [0.717, 1.165) is 10.9 Å². The van der Waals surface area contributed by atoms with Crippen LogP contribution in [0.1, 0.15) is 23.4 Å². The Morgan fingerprint density at radius 2 is 2.11 bits per heavy atom. The summed E-state index contributed by atoms with van der Waals surface area (Å²) in [5.74, 6) is -1.14. The Morgan fingerprint density at radius 3 is 2.67 bits per heavy atom. The minimum absolute atomic E-state index is 0.344. The number of halogens is 3. The summed E-state index contributed by atoms with van der Waals surface area (Å²) in [7, 11) is 0. The number of thiophene rings is 1. The molecule has 2 aromatic rings. The maximum absolute atomic E-state index is 13.8. The zero-order valence-corrected chi connectivity index (χ0v) is 11.3. The first-order chi connectivity index (χ1) is 8.63. The highest BCUT2D eigenvalue weighted by molar-refractivity contribution is 7.10. The van der Waals surface area contributed by atoms with E-state index in [1.165, 1.54) is 23.5 Å². The van der Waals surface area contributed by atoms with E-state index in [-0.39, 0.29) is 6.04 Å². The topological polar surface area (TPSA) is 12.0 Å². The third-order valence-corrected chi connectivity index (χ3v) is 4.01. The molecular weight excluding hydrogens is 276 g/mol. The van der Waals surface area contributed by atoms with Crippen LogP contribution in [-0.2, 0) is 0 Å². The standard InChI is InChI=1S/C13H12ClF2NS/c1-2-17-12(13-10(14)5-6-18-13)9-4-3-8(15)7-11(9)16/h3-7,12,17H,2H2,1H3. The zero-order valence-electron chi connectivity index (χ0n) is 9.71. The van der Waals surface area contributed by atoms with E-state index in [9.17, 15) is 8.78 Å². The zero-order chi connectivity index (χ0) is 13.1. The summed E-state index contributed by atoms with van der Waals surface area (Å²) in [6.45, 7) is 2.59. The van der Waals surface area contributed by atoms with E-state index in [1.54, 1.807) is 6.07 Å². The van der Waals surface area contributed by atoms with Crippen molar-refractivity contribution in [3.8, 4) is 0 Å². The second-order valence-electron chi connectivity index (χ2n) is 3.79. The van der Waals surface area contributed by atoms with Crippen LogP contribution in [-0.4, -0.2) is 6.54 Å². The lowest BCUT2D eigenvalue weighted by Crippen LogP contribution is -2.22. The number of nitrogens with one attached hydrogen (secondary N) is 1. The van der Waals surface area contributed by atoms with Crippen molar-refractivity contribution >= 4 is 22.9 Å². The third kappa shape index (κ3) is 2.71. The van der Waals surface area contributed by atoms with Crippen molar-refractivity contribution in [2.75, 3.05) is 6.54 Å². The van der Waals surface area contributed by atoms with Gasteiger partial charge in [-0.25, -0.2) is 8.78 Å². The second kappa shape index (κ2) is 5.78. The van der Waals surface area contributed by atoms with Crippen molar-refractivity contribution < 1.29 is 8.78 Å². The first-order valence-electron chi connectivity index (χ1n) is 5.54. The van der Waals surface area contributed by atoms with Gasteiger partial charge in [0.05, 0.1) is 11.1 Å². The van der Waals surface area contributed by atoms with Crippen LogP contribution in [0.4, 0.5) is 8.78 Å². The molecule has 1 heterocycles. The SMILES string of the molecule is CCNC(c1ccc(F)cc1F)c1sccc1Cl. The van der Waals surface area contributed by atoms with Gasteiger partial charge in [0.25, 0.3) is 0 Å². The van der Waals surface area contributed by atoms with Crippen LogP contribution < -0.4 is 5.32 Å². The summed E-state index contributed by atoms with van der Waals surface area (Å²) in [6.07, 6.45) is 0. The van der Waals surface area contributed by atoms with Crippen molar-refractivity contribution in [3.63, 3.8) is 0 Å². The van der Waals surface area contributed by atoms with Crippen LogP contribution in [0.2, 0.25) is 5.02 Å². The summed E-state index contributed by atoms with van der Waals surface area (Å²) in [4.78, 5) is 0.837. The van der Waals surface area contributed by atoms with Crippen molar-refractivity contribution in [1.29, 1.82) is 0 Å². The van der Waals surface area contributed by atoms with Gasteiger partial charge in [0.15, 0.2) is 0 Å². The van der Waals surface area contributed by atoms with Gasteiger partial charge in [-0.05, 0) is 24.1 Å². The first kappa shape index (κ1) is 13.5. The Labute approximate surface area is 113 Å². The van der Waals surface area contributed by atoms with Gasteiger partial charge in [0, 0.05) is 16.5 Å². The molecule has 0 aliphatic carbocycles. The monoisotopic (exact) mass is 287 g/mol. The van der Waals surface area contributed by atoms with Gasteiger partial charge in [0.2, 0.25) is 0 Å². The Bertz CT molecular complexity index is 542. The average Bonchev–Trinajstić information content (AvgIpc) is 2.73. The van der Waals surface area contributed by atoms with Crippen LogP contribution in [0.25, 0.3) is 0 Å². The molecule has 0 aliphatic heterocycles. The largest absolute Gasteiger partial charge is 0.306 e. The number of hydrogen-bond donors (Lipinski definition) is 1. The molecule has 1 aromatic carbocycles. The number of benzene rings is 1. The van der Waals surface area contributed by atoms with Gasteiger partial charge in [-0.2, -0.15) is 0 Å². The number of hydrogen-bond acceptors (Lipinski definition) is 2. The fourth-order valence-electron chi connectivity index (χ4n) is 1.80. The van der Waals surface area contributed by atoms with E-state index in [4.69, 9.17) is 11.6 Å². The highest BCUT2D eigenvalue weighted by Crippen LogP contribution is 2.34.